The molecule has 2 bridgehead atoms. The van der Waals surface area contributed by atoms with Crippen LogP contribution in [-0.4, -0.2) is 17.8 Å². The van der Waals surface area contributed by atoms with Gasteiger partial charge < -0.3 is 14.6 Å². The predicted molar refractivity (Wildman–Crippen MR) is 71.4 cm³/mol. The Kier molecular flexibility index (Phi) is 2.37. The van der Waals surface area contributed by atoms with E-state index in [1.54, 1.807) is 7.11 Å². The second-order valence-electron chi connectivity index (χ2n) is 6.37. The minimum Gasteiger partial charge on any atom is -0.497 e. The average Bonchev–Trinajstić information content (AvgIpc) is 2.99. The topological polar surface area (TPSA) is 38.7 Å². The Morgan fingerprint density at radius 2 is 2.21 bits per heavy atom. The highest BCUT2D eigenvalue weighted by molar-refractivity contribution is 5.44. The van der Waals surface area contributed by atoms with Gasteiger partial charge in [0, 0.05) is 12.0 Å². The second kappa shape index (κ2) is 3.89. The molecule has 3 heteroatoms. The summed E-state index contributed by atoms with van der Waals surface area (Å²) in [5.41, 5.74) is 0.789. The molecule has 3 nitrogen and oxygen atoms in total. The molecule has 0 saturated heterocycles. The van der Waals surface area contributed by atoms with Gasteiger partial charge in [0.2, 0.25) is 0 Å². The van der Waals surface area contributed by atoms with Crippen molar-refractivity contribution in [1.29, 1.82) is 0 Å². The van der Waals surface area contributed by atoms with Crippen LogP contribution in [0.5, 0.6) is 11.5 Å². The maximum Gasteiger partial charge on any atom is 0.126 e. The van der Waals surface area contributed by atoms with Gasteiger partial charge in [-0.3, -0.25) is 0 Å². The van der Waals surface area contributed by atoms with Crippen molar-refractivity contribution in [3.63, 3.8) is 0 Å². The quantitative estimate of drug-likeness (QED) is 0.843. The number of methoxy groups -OCH3 is 1. The van der Waals surface area contributed by atoms with E-state index in [1.807, 2.05) is 18.2 Å². The first-order chi connectivity index (χ1) is 9.20. The van der Waals surface area contributed by atoms with Crippen LogP contribution in [0.4, 0.5) is 0 Å². The largest absolute Gasteiger partial charge is 0.497 e. The van der Waals surface area contributed by atoms with Gasteiger partial charge in [-0.2, -0.15) is 0 Å². The minimum absolute atomic E-state index is 0.0933. The summed E-state index contributed by atoms with van der Waals surface area (Å²) in [6.45, 7) is 0. The number of aliphatic hydroxyl groups is 1. The molecular weight excluding hydrogens is 240 g/mol. The first-order valence-corrected chi connectivity index (χ1v) is 7.25. The Bertz CT molecular complexity index is 513. The van der Waals surface area contributed by atoms with E-state index in [1.165, 1.54) is 19.3 Å². The van der Waals surface area contributed by atoms with Crippen LogP contribution in [0.1, 0.15) is 43.8 Å². The van der Waals surface area contributed by atoms with Crippen molar-refractivity contribution < 1.29 is 14.6 Å². The third-order valence-corrected chi connectivity index (χ3v) is 5.35. The molecule has 3 unspecified atom stereocenters. The molecule has 3 aliphatic rings. The maximum atomic E-state index is 10.5. The molecule has 2 aliphatic carbocycles. The normalized spacial score (nSPS) is 39.2. The number of fused-ring (bicyclic) bond motifs is 4. The van der Waals surface area contributed by atoms with Crippen LogP contribution in [0, 0.1) is 11.8 Å². The van der Waals surface area contributed by atoms with Crippen LogP contribution in [0.15, 0.2) is 18.2 Å². The van der Waals surface area contributed by atoms with Crippen molar-refractivity contribution >= 4 is 0 Å². The molecule has 0 radical (unpaired) electrons. The maximum absolute atomic E-state index is 10.5. The average molecular weight is 260 g/mol. The fourth-order valence-electron chi connectivity index (χ4n) is 4.47. The highest BCUT2D eigenvalue weighted by atomic mass is 16.5. The van der Waals surface area contributed by atoms with Crippen molar-refractivity contribution in [2.24, 2.45) is 11.8 Å². The first kappa shape index (κ1) is 11.6. The Hall–Kier alpha value is -1.22. The fourth-order valence-corrected chi connectivity index (χ4v) is 4.47. The molecule has 1 N–H and O–H groups in total. The van der Waals surface area contributed by atoms with Gasteiger partial charge in [0.05, 0.1) is 13.2 Å². The lowest BCUT2D eigenvalue weighted by Gasteiger charge is -2.43. The molecule has 0 aromatic heterocycles. The molecule has 2 saturated carbocycles. The van der Waals surface area contributed by atoms with Crippen molar-refractivity contribution in [2.45, 2.75) is 43.8 Å². The zero-order valence-electron chi connectivity index (χ0n) is 11.3. The van der Waals surface area contributed by atoms with Gasteiger partial charge in [-0.15, -0.1) is 0 Å². The summed E-state index contributed by atoms with van der Waals surface area (Å²) in [4.78, 5) is 0. The van der Waals surface area contributed by atoms with Gasteiger partial charge >= 0.3 is 0 Å². The van der Waals surface area contributed by atoms with Crippen molar-refractivity contribution in [1.82, 2.24) is 0 Å². The lowest BCUT2D eigenvalue weighted by Crippen LogP contribution is -2.45. The molecule has 1 aliphatic heterocycles. The molecule has 1 heterocycles. The fraction of sp³-hybridized carbons (Fsp3) is 0.625. The monoisotopic (exact) mass is 260 g/mol. The Labute approximate surface area is 113 Å². The van der Waals surface area contributed by atoms with Crippen LogP contribution < -0.4 is 9.47 Å². The van der Waals surface area contributed by atoms with Crippen LogP contribution in [0.3, 0.4) is 0 Å². The van der Waals surface area contributed by atoms with E-state index >= 15 is 0 Å². The van der Waals surface area contributed by atoms with Crippen LogP contribution >= 0.6 is 0 Å². The zero-order chi connectivity index (χ0) is 13.0. The second-order valence-corrected chi connectivity index (χ2v) is 6.37. The van der Waals surface area contributed by atoms with Crippen LogP contribution in [0.25, 0.3) is 0 Å². The lowest BCUT2D eigenvalue weighted by molar-refractivity contribution is -0.0510. The van der Waals surface area contributed by atoms with Crippen molar-refractivity contribution in [2.75, 3.05) is 7.11 Å². The third kappa shape index (κ3) is 1.61. The van der Waals surface area contributed by atoms with E-state index < -0.39 is 6.10 Å². The Morgan fingerprint density at radius 3 is 2.89 bits per heavy atom. The SMILES string of the molecule is COc1ccc2c(c1)[C@@H](O)CC1(CC3CCC1C3)O2. The van der Waals surface area contributed by atoms with Crippen molar-refractivity contribution in [3.8, 4) is 11.5 Å². The number of benzene rings is 1. The summed E-state index contributed by atoms with van der Waals surface area (Å²) in [5.74, 6) is 3.09. The van der Waals surface area contributed by atoms with Gasteiger partial charge in [0.25, 0.3) is 0 Å². The first-order valence-electron chi connectivity index (χ1n) is 7.25. The lowest BCUT2D eigenvalue weighted by atomic mass is 9.77. The minimum atomic E-state index is -0.418. The van der Waals surface area contributed by atoms with E-state index in [9.17, 15) is 5.11 Å². The van der Waals surface area contributed by atoms with Gasteiger partial charge in [-0.05, 0) is 55.7 Å². The standard InChI is InChI=1S/C16H20O3/c1-18-12-4-5-15-13(7-12)14(17)9-16(19-15)8-10-2-3-11(16)6-10/h4-5,7,10-11,14,17H,2-3,6,8-9H2,1H3/t10?,11?,14-,16?/m0/s1. The molecule has 1 spiro atoms. The van der Waals surface area contributed by atoms with Crippen molar-refractivity contribution in [3.05, 3.63) is 23.8 Å². The summed E-state index contributed by atoms with van der Waals surface area (Å²) < 4.78 is 11.6. The number of aliphatic hydroxyl groups excluding tert-OH is 1. The summed E-state index contributed by atoms with van der Waals surface area (Å²) in [6, 6.07) is 5.77. The molecule has 102 valence electrons. The van der Waals surface area contributed by atoms with Gasteiger partial charge in [-0.1, -0.05) is 0 Å². The Morgan fingerprint density at radius 1 is 1.32 bits per heavy atom. The van der Waals surface area contributed by atoms with E-state index in [2.05, 4.69) is 0 Å². The van der Waals surface area contributed by atoms with Gasteiger partial charge in [0.1, 0.15) is 17.1 Å². The zero-order valence-corrected chi connectivity index (χ0v) is 11.3. The van der Waals surface area contributed by atoms with Gasteiger partial charge in [-0.25, -0.2) is 0 Å². The highest BCUT2D eigenvalue weighted by Gasteiger charge is 2.55. The molecule has 1 aromatic carbocycles. The van der Waals surface area contributed by atoms with E-state index in [0.29, 0.717) is 5.92 Å². The smallest absolute Gasteiger partial charge is 0.126 e. The molecule has 1 aromatic rings. The number of hydrogen-bond acceptors (Lipinski definition) is 3. The molecule has 19 heavy (non-hydrogen) atoms. The van der Waals surface area contributed by atoms with Crippen LogP contribution in [0.2, 0.25) is 0 Å². The summed E-state index contributed by atoms with van der Waals surface area (Å²) in [5, 5.41) is 10.5. The predicted octanol–water partition coefficient (Wildman–Crippen LogP) is 3.07. The number of rotatable bonds is 1. The molecule has 2 fully saturated rings. The third-order valence-electron chi connectivity index (χ3n) is 5.35. The van der Waals surface area contributed by atoms with E-state index in [-0.39, 0.29) is 5.60 Å². The summed E-state index contributed by atoms with van der Waals surface area (Å²) in [6.07, 6.45) is 5.36. The summed E-state index contributed by atoms with van der Waals surface area (Å²) >= 11 is 0. The van der Waals surface area contributed by atoms with Gasteiger partial charge in [0.15, 0.2) is 0 Å². The molecule has 4 atom stereocenters. The molecule has 4 rings (SSSR count). The van der Waals surface area contributed by atoms with E-state index in [0.717, 1.165) is 35.8 Å². The number of hydrogen-bond donors (Lipinski definition) is 1. The molecular formula is C16H20O3. The van der Waals surface area contributed by atoms with Crippen LogP contribution in [-0.2, 0) is 0 Å². The summed E-state index contributed by atoms with van der Waals surface area (Å²) in [7, 11) is 1.65. The highest BCUT2D eigenvalue weighted by Crippen LogP contribution is 2.58. The van der Waals surface area contributed by atoms with E-state index in [4.69, 9.17) is 9.47 Å². The number of ether oxygens (including phenoxy) is 2. The Balaban J connectivity index is 1.71. The molecule has 0 amide bonds.